The summed E-state index contributed by atoms with van der Waals surface area (Å²) in [6.07, 6.45) is 7.72. The summed E-state index contributed by atoms with van der Waals surface area (Å²) in [6, 6.07) is 12.1. The Morgan fingerprint density at radius 3 is 2.56 bits per heavy atom. The van der Waals surface area contributed by atoms with Gasteiger partial charge in [-0.2, -0.15) is 0 Å². The molecule has 0 fully saturated rings. The molecular weight excluding hydrogens is 462 g/mol. The van der Waals surface area contributed by atoms with E-state index in [-0.39, 0.29) is 5.56 Å². The Morgan fingerprint density at radius 1 is 1.08 bits per heavy atom. The topological polar surface area (TPSA) is 37.6 Å². The van der Waals surface area contributed by atoms with Gasteiger partial charge in [0.05, 0.1) is 11.4 Å². The van der Waals surface area contributed by atoms with E-state index in [1.54, 1.807) is 22.2 Å². The van der Waals surface area contributed by atoms with Crippen LogP contribution in [0.1, 0.15) is 79.2 Å². The van der Waals surface area contributed by atoms with Gasteiger partial charge >= 0.3 is 0 Å². The molecule has 5 heteroatoms. The number of pyridine rings is 1. The molecule has 2 heterocycles. The van der Waals surface area contributed by atoms with Gasteiger partial charge in [0.1, 0.15) is 5.65 Å². The lowest BCUT2D eigenvalue weighted by atomic mass is 10.0. The second-order valence-corrected chi connectivity index (χ2v) is 11.3. The van der Waals surface area contributed by atoms with Gasteiger partial charge in [-0.3, -0.25) is 9.20 Å². The van der Waals surface area contributed by atoms with E-state index in [0.29, 0.717) is 5.65 Å². The van der Waals surface area contributed by atoms with Crippen LogP contribution >= 0.6 is 11.8 Å². The minimum absolute atomic E-state index is 0.0411. The molecule has 0 spiro atoms. The average molecular weight is 506 g/mol. The largest absolute Gasteiger partial charge is 0.370 e. The highest BCUT2D eigenvalue weighted by Crippen LogP contribution is 2.34. The molecule has 3 aromatic rings. The first kappa shape index (κ1) is 28.0. The number of anilines is 1. The lowest BCUT2D eigenvalue weighted by Gasteiger charge is -2.25. The summed E-state index contributed by atoms with van der Waals surface area (Å²) in [5.41, 5.74) is 6.07. The lowest BCUT2D eigenvalue weighted by Crippen LogP contribution is -2.26. The molecule has 0 aliphatic rings. The molecule has 4 nitrogen and oxygen atoms in total. The smallest absolute Gasteiger partial charge is 0.258 e. The number of thioether (sulfide) groups is 1. The quantitative estimate of drug-likeness (QED) is 0.231. The van der Waals surface area contributed by atoms with E-state index < -0.39 is 0 Å². The molecule has 1 atom stereocenters. The summed E-state index contributed by atoms with van der Waals surface area (Å²) in [5, 5.41) is 0. The Balaban J connectivity index is 1.91. The molecule has 194 valence electrons. The summed E-state index contributed by atoms with van der Waals surface area (Å²) >= 11 is 1.80. The zero-order chi connectivity index (χ0) is 26.2. The third-order valence-electron chi connectivity index (χ3n) is 7.20. The van der Waals surface area contributed by atoms with Crippen molar-refractivity contribution in [1.29, 1.82) is 0 Å². The van der Waals surface area contributed by atoms with E-state index in [4.69, 9.17) is 4.98 Å². The molecule has 3 rings (SSSR count). The Hall–Kier alpha value is -2.53. The third-order valence-corrected chi connectivity index (χ3v) is 8.52. The fourth-order valence-corrected chi connectivity index (χ4v) is 5.33. The van der Waals surface area contributed by atoms with Crippen LogP contribution in [0.2, 0.25) is 0 Å². The molecule has 0 N–H and O–H groups in total. The molecule has 1 unspecified atom stereocenters. The number of aromatic nitrogens is 2. The predicted molar refractivity (Wildman–Crippen MR) is 157 cm³/mol. The Kier molecular flexibility index (Phi) is 10.2. The Labute approximate surface area is 221 Å². The molecule has 0 bridgehead atoms. The van der Waals surface area contributed by atoms with Crippen molar-refractivity contribution in [2.75, 3.05) is 18.0 Å². The maximum absolute atomic E-state index is 13.2. The van der Waals surface area contributed by atoms with Gasteiger partial charge < -0.3 is 4.90 Å². The molecule has 1 aromatic carbocycles. The fraction of sp³-hybridized carbons (Fsp3) is 0.484. The molecule has 36 heavy (non-hydrogen) atoms. The number of nitrogens with zero attached hydrogens (tertiary/aromatic N) is 3. The zero-order valence-electron chi connectivity index (χ0n) is 23.2. The molecule has 0 aliphatic heterocycles. The first-order valence-electron chi connectivity index (χ1n) is 13.5. The number of fused-ring (bicyclic) bond motifs is 1. The van der Waals surface area contributed by atoms with Gasteiger partial charge in [0.2, 0.25) is 0 Å². The van der Waals surface area contributed by atoms with Crippen molar-refractivity contribution in [1.82, 2.24) is 9.38 Å². The van der Waals surface area contributed by atoms with Gasteiger partial charge in [-0.1, -0.05) is 63.6 Å². The van der Waals surface area contributed by atoms with Gasteiger partial charge in [-0.15, -0.1) is 0 Å². The van der Waals surface area contributed by atoms with Gasteiger partial charge in [-0.25, -0.2) is 4.98 Å². The molecule has 0 radical (unpaired) electrons. The van der Waals surface area contributed by atoms with E-state index in [0.717, 1.165) is 48.8 Å². The highest BCUT2D eigenvalue weighted by molar-refractivity contribution is 8.03. The first-order chi connectivity index (χ1) is 17.3. The molecule has 0 aliphatic carbocycles. The summed E-state index contributed by atoms with van der Waals surface area (Å²) in [6.45, 7) is 17.5. The van der Waals surface area contributed by atoms with Crippen LogP contribution in [-0.4, -0.2) is 22.5 Å². The highest BCUT2D eigenvalue weighted by Gasteiger charge is 2.12. The molecule has 0 saturated carbocycles. The Morgan fingerprint density at radius 2 is 1.86 bits per heavy atom. The third kappa shape index (κ3) is 7.03. The fourth-order valence-electron chi connectivity index (χ4n) is 4.27. The monoisotopic (exact) mass is 505 g/mol. The number of rotatable bonds is 12. The standard InChI is InChI=1S/C31H43N3OS/c1-8-17-33(18-11-12-22(4)9-2)27-15-16-30-32-28(20-31(35)34(30)21-27)26-14-13-24(6)29(19-26)36-25(7)23(5)10-3/h13-16,19-22H,8-12,17-18H2,1-7H3/b25-23+. The zero-order valence-corrected chi connectivity index (χ0v) is 24.0. The van der Waals surface area contributed by atoms with Crippen molar-refractivity contribution >= 4 is 23.1 Å². The van der Waals surface area contributed by atoms with Crippen LogP contribution in [0, 0.1) is 12.8 Å². The number of hydrogen-bond acceptors (Lipinski definition) is 4. The average Bonchev–Trinajstić information content (AvgIpc) is 2.88. The second kappa shape index (κ2) is 13.1. The van der Waals surface area contributed by atoms with Crippen LogP contribution < -0.4 is 10.5 Å². The van der Waals surface area contributed by atoms with Crippen LogP contribution in [-0.2, 0) is 0 Å². The summed E-state index contributed by atoms with van der Waals surface area (Å²) < 4.78 is 1.69. The highest BCUT2D eigenvalue weighted by atomic mass is 32.2. The minimum atomic E-state index is -0.0411. The van der Waals surface area contributed by atoms with Crippen molar-refractivity contribution in [2.45, 2.75) is 85.5 Å². The number of hydrogen-bond donors (Lipinski definition) is 0. The number of benzene rings is 1. The SMILES string of the molecule is CCCN(CCCC(C)CC)c1ccc2nc(-c3ccc(C)c(S/C(C)=C(\C)CC)c3)cc(=O)n2c1. The number of allylic oxidation sites excluding steroid dienone is 2. The van der Waals surface area contributed by atoms with E-state index in [2.05, 4.69) is 77.6 Å². The van der Waals surface area contributed by atoms with E-state index >= 15 is 0 Å². The summed E-state index contributed by atoms with van der Waals surface area (Å²) in [5.74, 6) is 0.756. The van der Waals surface area contributed by atoms with Gasteiger partial charge in [0, 0.05) is 35.8 Å². The van der Waals surface area contributed by atoms with Crippen LogP contribution in [0.4, 0.5) is 5.69 Å². The van der Waals surface area contributed by atoms with Crippen LogP contribution in [0.3, 0.4) is 0 Å². The maximum Gasteiger partial charge on any atom is 0.258 e. The molecule has 0 amide bonds. The molecule has 2 aromatic heterocycles. The summed E-state index contributed by atoms with van der Waals surface area (Å²) in [7, 11) is 0. The van der Waals surface area contributed by atoms with E-state index in [9.17, 15) is 4.79 Å². The maximum atomic E-state index is 13.2. The number of aryl methyl sites for hydroxylation is 1. The van der Waals surface area contributed by atoms with E-state index in [1.165, 1.54) is 40.2 Å². The van der Waals surface area contributed by atoms with Gasteiger partial charge in [0.15, 0.2) is 0 Å². The van der Waals surface area contributed by atoms with E-state index in [1.807, 2.05) is 12.3 Å². The lowest BCUT2D eigenvalue weighted by molar-refractivity contribution is 0.493. The van der Waals surface area contributed by atoms with Crippen molar-refractivity contribution in [3.05, 3.63) is 69.0 Å². The van der Waals surface area contributed by atoms with Crippen molar-refractivity contribution in [3.63, 3.8) is 0 Å². The summed E-state index contributed by atoms with van der Waals surface area (Å²) in [4.78, 5) is 23.0. The van der Waals surface area contributed by atoms with Gasteiger partial charge in [0.25, 0.3) is 5.56 Å². The normalized spacial score (nSPS) is 13.1. The second-order valence-electron chi connectivity index (χ2n) is 10.0. The van der Waals surface area contributed by atoms with Crippen LogP contribution in [0.25, 0.3) is 16.9 Å². The molecular formula is C31H43N3OS. The predicted octanol–water partition coefficient (Wildman–Crippen LogP) is 8.51. The first-order valence-corrected chi connectivity index (χ1v) is 14.3. The van der Waals surface area contributed by atoms with Gasteiger partial charge in [-0.05, 0) is 81.0 Å². The minimum Gasteiger partial charge on any atom is -0.370 e. The van der Waals surface area contributed by atoms with Crippen molar-refractivity contribution < 1.29 is 0 Å². The van der Waals surface area contributed by atoms with Crippen molar-refractivity contribution in [2.24, 2.45) is 5.92 Å². The van der Waals surface area contributed by atoms with Crippen molar-refractivity contribution in [3.8, 4) is 11.3 Å². The van der Waals surface area contributed by atoms with Crippen LogP contribution in [0.5, 0.6) is 0 Å². The molecule has 0 saturated heterocycles. The Bertz CT molecular complexity index is 1260. The van der Waals surface area contributed by atoms with Crippen LogP contribution in [0.15, 0.2) is 62.8 Å².